The molecular formula is C8H7N3OS. The van der Waals surface area contributed by atoms with Crippen LogP contribution in [-0.4, -0.2) is 27.5 Å². The Hall–Kier alpha value is -1.45. The molecule has 1 aromatic rings. The van der Waals surface area contributed by atoms with Crippen molar-refractivity contribution in [2.45, 2.75) is 5.03 Å². The number of ketones is 1. The number of carbonyl (C=O) groups is 1. The third-order valence-electron chi connectivity index (χ3n) is 1.20. The molecule has 0 atom stereocenters. The Morgan fingerprint density at radius 2 is 2.54 bits per heavy atom. The summed E-state index contributed by atoms with van der Waals surface area (Å²) in [4.78, 5) is 17.5. The summed E-state index contributed by atoms with van der Waals surface area (Å²) < 4.78 is 0. The molecule has 1 heterocycles. The number of pyridine rings is 1. The standard InChI is InChI=1S/C8H7N3OS/c9-11-5-7(12)6-13-8-3-1-2-4-10-8/h1-5H,6H2. The Morgan fingerprint density at radius 1 is 1.69 bits per heavy atom. The molecule has 0 aromatic carbocycles. The minimum Gasteiger partial charge on any atom is -0.361 e. The molecule has 0 bridgehead atoms. The van der Waals surface area contributed by atoms with Gasteiger partial charge >= 0.3 is 6.21 Å². The second kappa shape index (κ2) is 5.24. The van der Waals surface area contributed by atoms with Crippen LogP contribution >= 0.6 is 11.8 Å². The Labute approximate surface area is 79.6 Å². The second-order valence-electron chi connectivity index (χ2n) is 2.17. The zero-order chi connectivity index (χ0) is 9.52. The first-order valence-electron chi connectivity index (χ1n) is 3.57. The predicted molar refractivity (Wildman–Crippen MR) is 49.7 cm³/mol. The quantitative estimate of drug-likeness (QED) is 0.310. The van der Waals surface area contributed by atoms with Gasteiger partial charge in [-0.15, -0.1) is 0 Å². The summed E-state index contributed by atoms with van der Waals surface area (Å²) in [5.41, 5.74) is 8.06. The van der Waals surface area contributed by atoms with Crippen molar-refractivity contribution in [3.8, 4) is 0 Å². The van der Waals surface area contributed by atoms with Gasteiger partial charge in [0.1, 0.15) is 0 Å². The molecule has 0 aliphatic rings. The molecule has 0 aliphatic carbocycles. The Bertz CT molecular complexity index is 333. The molecule has 0 N–H and O–H groups in total. The molecule has 0 amide bonds. The highest BCUT2D eigenvalue weighted by molar-refractivity contribution is 8.00. The number of rotatable bonds is 4. The number of carbonyl (C=O) groups excluding carboxylic acids is 1. The molecule has 5 heteroatoms. The first-order valence-corrected chi connectivity index (χ1v) is 4.55. The summed E-state index contributed by atoms with van der Waals surface area (Å²) in [7, 11) is 0. The van der Waals surface area contributed by atoms with Gasteiger partial charge in [0.15, 0.2) is 0 Å². The number of aromatic nitrogens is 1. The molecule has 0 spiro atoms. The summed E-state index contributed by atoms with van der Waals surface area (Å²) in [6.45, 7) is 0. The minimum absolute atomic E-state index is 0.237. The lowest BCUT2D eigenvalue weighted by atomic mass is 10.5. The van der Waals surface area contributed by atoms with E-state index in [4.69, 9.17) is 5.53 Å². The molecular weight excluding hydrogens is 186 g/mol. The van der Waals surface area contributed by atoms with Crippen LogP contribution in [0.15, 0.2) is 29.4 Å². The maximum Gasteiger partial charge on any atom is 0.324 e. The van der Waals surface area contributed by atoms with Gasteiger partial charge in [0.2, 0.25) is 5.78 Å². The van der Waals surface area contributed by atoms with E-state index >= 15 is 0 Å². The SMILES string of the molecule is [N-]=[N+]=CC(=O)CSc1ccccn1. The van der Waals surface area contributed by atoms with Crippen LogP contribution in [0.4, 0.5) is 0 Å². The van der Waals surface area contributed by atoms with Gasteiger partial charge < -0.3 is 5.53 Å². The third-order valence-corrected chi connectivity index (χ3v) is 2.17. The number of nitrogens with zero attached hydrogens (tertiary/aromatic N) is 3. The van der Waals surface area contributed by atoms with Crippen molar-refractivity contribution in [3.63, 3.8) is 0 Å². The van der Waals surface area contributed by atoms with Crippen molar-refractivity contribution < 1.29 is 9.58 Å². The van der Waals surface area contributed by atoms with E-state index in [9.17, 15) is 4.79 Å². The van der Waals surface area contributed by atoms with Gasteiger partial charge in [0.05, 0.1) is 10.8 Å². The lowest BCUT2D eigenvalue weighted by molar-refractivity contribution is -0.113. The second-order valence-corrected chi connectivity index (χ2v) is 3.16. The Morgan fingerprint density at radius 3 is 3.15 bits per heavy atom. The zero-order valence-electron chi connectivity index (χ0n) is 6.75. The van der Waals surface area contributed by atoms with E-state index in [1.165, 1.54) is 11.8 Å². The summed E-state index contributed by atoms with van der Waals surface area (Å²) in [5, 5.41) is 0.780. The van der Waals surface area contributed by atoms with Crippen LogP contribution < -0.4 is 0 Å². The number of Topliss-reactive ketones (excluding diaryl/α,β-unsaturated/α-hetero) is 1. The molecule has 1 rings (SSSR count). The number of hydrogen-bond acceptors (Lipinski definition) is 3. The van der Waals surface area contributed by atoms with Gasteiger partial charge in [-0.1, -0.05) is 17.8 Å². The van der Waals surface area contributed by atoms with Crippen LogP contribution in [0.2, 0.25) is 0 Å². The molecule has 0 fully saturated rings. The highest BCUT2D eigenvalue weighted by Crippen LogP contribution is 2.12. The zero-order valence-corrected chi connectivity index (χ0v) is 7.57. The Kier molecular flexibility index (Phi) is 3.88. The summed E-state index contributed by atoms with van der Waals surface area (Å²) in [6, 6.07) is 5.47. The topological polar surface area (TPSA) is 66.4 Å². The van der Waals surface area contributed by atoms with E-state index in [2.05, 4.69) is 9.77 Å². The fourth-order valence-electron chi connectivity index (χ4n) is 0.679. The van der Waals surface area contributed by atoms with Crippen LogP contribution in [0.25, 0.3) is 5.53 Å². The average molecular weight is 193 g/mol. The van der Waals surface area contributed by atoms with Gasteiger partial charge in [0.25, 0.3) is 0 Å². The first kappa shape index (κ1) is 9.64. The van der Waals surface area contributed by atoms with Crippen LogP contribution in [0.5, 0.6) is 0 Å². The van der Waals surface area contributed by atoms with Gasteiger partial charge in [-0.3, -0.25) is 4.79 Å². The van der Waals surface area contributed by atoms with E-state index < -0.39 is 0 Å². The number of thioether (sulfide) groups is 1. The fourth-order valence-corrected chi connectivity index (χ4v) is 1.35. The highest BCUT2D eigenvalue weighted by atomic mass is 32.2. The summed E-state index contributed by atoms with van der Waals surface area (Å²) in [5.74, 6) is -0.000645. The van der Waals surface area contributed by atoms with Crippen LogP contribution in [0.3, 0.4) is 0 Å². The largest absolute Gasteiger partial charge is 0.361 e. The smallest absolute Gasteiger partial charge is 0.324 e. The summed E-state index contributed by atoms with van der Waals surface area (Å²) >= 11 is 1.31. The average Bonchev–Trinajstić information content (AvgIpc) is 2.17. The van der Waals surface area contributed by atoms with Crippen molar-refractivity contribution in [1.29, 1.82) is 0 Å². The monoisotopic (exact) mass is 193 g/mol. The van der Waals surface area contributed by atoms with Crippen LogP contribution in [0, 0.1) is 0 Å². The van der Waals surface area contributed by atoms with Gasteiger partial charge in [-0.2, -0.15) is 4.79 Å². The van der Waals surface area contributed by atoms with Gasteiger partial charge in [-0.25, -0.2) is 4.98 Å². The molecule has 0 saturated heterocycles. The lowest BCUT2D eigenvalue weighted by Crippen LogP contribution is -2.02. The molecule has 4 nitrogen and oxygen atoms in total. The third kappa shape index (κ3) is 3.64. The first-order chi connectivity index (χ1) is 6.33. The van der Waals surface area contributed by atoms with Crippen LogP contribution in [-0.2, 0) is 4.79 Å². The van der Waals surface area contributed by atoms with Crippen molar-refractivity contribution in [1.82, 2.24) is 4.98 Å². The van der Waals surface area contributed by atoms with E-state index in [1.807, 2.05) is 12.1 Å². The normalized spacial score (nSPS) is 8.92. The maximum absolute atomic E-state index is 10.9. The minimum atomic E-state index is -0.238. The van der Waals surface area contributed by atoms with Gasteiger partial charge in [-0.05, 0) is 12.1 Å². The highest BCUT2D eigenvalue weighted by Gasteiger charge is 2.03. The van der Waals surface area contributed by atoms with Crippen molar-refractivity contribution >= 4 is 23.8 Å². The van der Waals surface area contributed by atoms with Crippen molar-refractivity contribution in [2.75, 3.05) is 5.75 Å². The van der Waals surface area contributed by atoms with Crippen LogP contribution in [0.1, 0.15) is 0 Å². The van der Waals surface area contributed by atoms with E-state index in [-0.39, 0.29) is 11.5 Å². The van der Waals surface area contributed by atoms with Gasteiger partial charge in [0, 0.05) is 6.20 Å². The predicted octanol–water partition coefficient (Wildman–Crippen LogP) is 1.04. The van der Waals surface area contributed by atoms with Crippen molar-refractivity contribution in [2.24, 2.45) is 0 Å². The molecule has 0 unspecified atom stereocenters. The molecule has 0 aliphatic heterocycles. The maximum atomic E-state index is 10.9. The van der Waals surface area contributed by atoms with E-state index in [1.54, 1.807) is 12.3 Å². The van der Waals surface area contributed by atoms with E-state index in [0.717, 1.165) is 11.2 Å². The number of hydrogen-bond donors (Lipinski definition) is 0. The fraction of sp³-hybridized carbons (Fsp3) is 0.125. The van der Waals surface area contributed by atoms with Crippen molar-refractivity contribution in [3.05, 3.63) is 29.9 Å². The Balaban J connectivity index is 2.44. The molecule has 1 aromatic heterocycles. The van der Waals surface area contributed by atoms with E-state index in [0.29, 0.717) is 0 Å². The lowest BCUT2D eigenvalue weighted by Gasteiger charge is -1.93. The molecule has 13 heavy (non-hydrogen) atoms. The summed E-state index contributed by atoms with van der Waals surface area (Å²) in [6.07, 6.45) is 2.54. The molecule has 66 valence electrons. The molecule has 0 saturated carbocycles. The molecule has 0 radical (unpaired) electrons.